The van der Waals surface area contributed by atoms with Gasteiger partial charge in [0.1, 0.15) is 0 Å². The fourth-order valence-corrected chi connectivity index (χ4v) is 2.40. The molecule has 0 radical (unpaired) electrons. The van der Waals surface area contributed by atoms with Crippen LogP contribution in [0.1, 0.15) is 22.8 Å². The van der Waals surface area contributed by atoms with Crippen LogP contribution in [-0.4, -0.2) is 49.7 Å². The Bertz CT molecular complexity index is 470. The van der Waals surface area contributed by atoms with Gasteiger partial charge in [0.2, 0.25) is 0 Å². The molecule has 2 rings (SSSR count). The Morgan fingerprint density at radius 3 is 2.85 bits per heavy atom. The number of nitrogens with one attached hydrogen (secondary N) is 1. The molecule has 110 valence electrons. The summed E-state index contributed by atoms with van der Waals surface area (Å²) in [5, 5.41) is 3.03. The van der Waals surface area contributed by atoms with Gasteiger partial charge in [-0.25, -0.2) is 0 Å². The minimum absolute atomic E-state index is 0.0597. The van der Waals surface area contributed by atoms with E-state index in [1.165, 1.54) is 0 Å². The van der Waals surface area contributed by atoms with E-state index in [1.54, 1.807) is 6.07 Å². The monoisotopic (exact) mass is 277 g/mol. The average Bonchev–Trinajstić information content (AvgIpc) is 2.42. The fourth-order valence-electron chi connectivity index (χ4n) is 2.40. The summed E-state index contributed by atoms with van der Waals surface area (Å²) in [4.78, 5) is 14.6. The molecule has 0 spiro atoms. The lowest BCUT2D eigenvalue weighted by atomic mass is 10.1. The zero-order valence-electron chi connectivity index (χ0n) is 12.2. The smallest absolute Gasteiger partial charge is 0.251 e. The van der Waals surface area contributed by atoms with Gasteiger partial charge in [0.05, 0.1) is 13.2 Å². The molecular weight excluding hydrogens is 254 g/mol. The van der Waals surface area contributed by atoms with Crippen LogP contribution in [-0.2, 0) is 4.74 Å². The van der Waals surface area contributed by atoms with Crippen molar-refractivity contribution in [3.63, 3.8) is 0 Å². The molecule has 0 bridgehead atoms. The lowest BCUT2D eigenvalue weighted by molar-refractivity contribution is 0.0342. The number of amides is 1. The van der Waals surface area contributed by atoms with Gasteiger partial charge in [0.25, 0.3) is 5.91 Å². The summed E-state index contributed by atoms with van der Waals surface area (Å²) >= 11 is 0. The molecule has 5 nitrogen and oxygen atoms in total. The second kappa shape index (κ2) is 6.72. The molecule has 1 unspecified atom stereocenters. The van der Waals surface area contributed by atoms with E-state index < -0.39 is 0 Å². The van der Waals surface area contributed by atoms with E-state index in [4.69, 9.17) is 10.5 Å². The molecule has 1 aliphatic rings. The maximum atomic E-state index is 12.3. The van der Waals surface area contributed by atoms with E-state index in [0.29, 0.717) is 11.3 Å². The number of hydrogen-bond acceptors (Lipinski definition) is 4. The van der Waals surface area contributed by atoms with E-state index in [9.17, 15) is 4.79 Å². The summed E-state index contributed by atoms with van der Waals surface area (Å²) in [5.41, 5.74) is 7.95. The van der Waals surface area contributed by atoms with Crippen LogP contribution < -0.4 is 11.1 Å². The topological polar surface area (TPSA) is 67.6 Å². The minimum atomic E-state index is -0.0597. The van der Waals surface area contributed by atoms with Crippen molar-refractivity contribution in [1.29, 1.82) is 0 Å². The van der Waals surface area contributed by atoms with Gasteiger partial charge in [-0.3, -0.25) is 9.69 Å². The van der Waals surface area contributed by atoms with Gasteiger partial charge in [0, 0.05) is 36.9 Å². The third-order valence-corrected chi connectivity index (χ3v) is 3.52. The normalized spacial score (nSPS) is 17.7. The molecule has 1 aromatic carbocycles. The Balaban J connectivity index is 1.91. The molecule has 1 atom stereocenters. The number of aryl methyl sites for hydroxylation is 1. The van der Waals surface area contributed by atoms with Gasteiger partial charge < -0.3 is 15.8 Å². The van der Waals surface area contributed by atoms with Gasteiger partial charge in [-0.05, 0) is 31.5 Å². The Kier molecular flexibility index (Phi) is 4.98. The van der Waals surface area contributed by atoms with Crippen molar-refractivity contribution in [2.75, 3.05) is 38.6 Å². The van der Waals surface area contributed by atoms with Gasteiger partial charge in [-0.2, -0.15) is 0 Å². The van der Waals surface area contributed by atoms with E-state index in [2.05, 4.69) is 10.2 Å². The summed E-state index contributed by atoms with van der Waals surface area (Å²) in [6, 6.07) is 5.51. The first kappa shape index (κ1) is 14.8. The number of hydrogen-bond donors (Lipinski definition) is 2. The number of rotatable bonds is 4. The van der Waals surface area contributed by atoms with E-state index in [0.717, 1.165) is 38.4 Å². The molecule has 20 heavy (non-hydrogen) atoms. The van der Waals surface area contributed by atoms with E-state index >= 15 is 0 Å². The molecule has 1 heterocycles. The maximum Gasteiger partial charge on any atom is 0.251 e. The van der Waals surface area contributed by atoms with Gasteiger partial charge in [0.15, 0.2) is 0 Å². The van der Waals surface area contributed by atoms with Crippen LogP contribution in [0.2, 0.25) is 0 Å². The zero-order valence-corrected chi connectivity index (χ0v) is 12.2. The van der Waals surface area contributed by atoms with Crippen LogP contribution in [0.15, 0.2) is 18.2 Å². The van der Waals surface area contributed by atoms with Crippen molar-refractivity contribution in [2.24, 2.45) is 0 Å². The van der Waals surface area contributed by atoms with Crippen LogP contribution in [0.3, 0.4) is 0 Å². The molecule has 1 aliphatic heterocycles. The van der Waals surface area contributed by atoms with Crippen LogP contribution in [0.5, 0.6) is 0 Å². The van der Waals surface area contributed by atoms with Gasteiger partial charge >= 0.3 is 0 Å². The molecule has 0 aromatic heterocycles. The highest BCUT2D eigenvalue weighted by molar-refractivity contribution is 5.96. The van der Waals surface area contributed by atoms with Crippen molar-refractivity contribution in [3.05, 3.63) is 29.3 Å². The molecule has 5 heteroatoms. The van der Waals surface area contributed by atoms with Crippen molar-refractivity contribution >= 4 is 11.6 Å². The summed E-state index contributed by atoms with van der Waals surface area (Å²) in [7, 11) is 0. The molecule has 0 saturated carbocycles. The minimum Gasteiger partial charge on any atom is -0.399 e. The third-order valence-electron chi connectivity index (χ3n) is 3.52. The molecule has 1 amide bonds. The molecule has 3 N–H and O–H groups in total. The number of nitrogens with two attached hydrogens (primary N) is 1. The first-order valence-corrected chi connectivity index (χ1v) is 7.03. The Morgan fingerprint density at radius 1 is 1.45 bits per heavy atom. The van der Waals surface area contributed by atoms with Crippen molar-refractivity contribution < 1.29 is 9.53 Å². The Labute approximate surface area is 120 Å². The average molecular weight is 277 g/mol. The third kappa shape index (κ3) is 3.95. The number of ether oxygens (including phenoxy) is 1. The molecule has 1 saturated heterocycles. The molecular formula is C15H23N3O2. The summed E-state index contributed by atoms with van der Waals surface area (Å²) in [6.07, 6.45) is 0. The maximum absolute atomic E-state index is 12.3. The highest BCUT2D eigenvalue weighted by Gasteiger charge is 2.16. The standard InChI is InChI=1S/C15H23N3O2/c1-11-3-4-13(16)9-14(11)15(19)17-12(2)10-18-5-7-20-8-6-18/h3-4,9,12H,5-8,10,16H2,1-2H3,(H,17,19). The first-order chi connectivity index (χ1) is 9.56. The van der Waals surface area contributed by atoms with Crippen molar-refractivity contribution in [3.8, 4) is 0 Å². The van der Waals surface area contributed by atoms with Crippen LogP contribution in [0.4, 0.5) is 5.69 Å². The van der Waals surface area contributed by atoms with Crippen molar-refractivity contribution in [1.82, 2.24) is 10.2 Å². The summed E-state index contributed by atoms with van der Waals surface area (Å²) < 4.78 is 5.32. The zero-order chi connectivity index (χ0) is 14.5. The van der Waals surface area contributed by atoms with Gasteiger partial charge in [-0.1, -0.05) is 6.07 Å². The SMILES string of the molecule is Cc1ccc(N)cc1C(=O)NC(C)CN1CCOCC1. The number of anilines is 1. The highest BCUT2D eigenvalue weighted by atomic mass is 16.5. The lowest BCUT2D eigenvalue weighted by Crippen LogP contribution is -2.46. The highest BCUT2D eigenvalue weighted by Crippen LogP contribution is 2.12. The quantitative estimate of drug-likeness (QED) is 0.807. The number of carbonyl (C=O) groups is 1. The number of benzene rings is 1. The second-order valence-corrected chi connectivity index (χ2v) is 5.36. The first-order valence-electron chi connectivity index (χ1n) is 7.03. The van der Waals surface area contributed by atoms with E-state index in [1.807, 2.05) is 26.0 Å². The summed E-state index contributed by atoms with van der Waals surface area (Å²) in [6.45, 7) is 8.19. The van der Waals surface area contributed by atoms with Crippen molar-refractivity contribution in [2.45, 2.75) is 19.9 Å². The Hall–Kier alpha value is -1.59. The van der Waals surface area contributed by atoms with E-state index in [-0.39, 0.29) is 11.9 Å². The number of nitrogen functional groups attached to an aromatic ring is 1. The number of carbonyl (C=O) groups excluding carboxylic acids is 1. The second-order valence-electron chi connectivity index (χ2n) is 5.36. The predicted molar refractivity (Wildman–Crippen MR) is 79.8 cm³/mol. The lowest BCUT2D eigenvalue weighted by Gasteiger charge is -2.29. The predicted octanol–water partition coefficient (Wildman–Crippen LogP) is 1.03. The molecule has 0 aliphatic carbocycles. The Morgan fingerprint density at radius 2 is 2.15 bits per heavy atom. The van der Waals surface area contributed by atoms with Crippen LogP contribution in [0.25, 0.3) is 0 Å². The summed E-state index contributed by atoms with van der Waals surface area (Å²) in [5.74, 6) is -0.0597. The molecule has 1 aromatic rings. The number of morpholine rings is 1. The fraction of sp³-hybridized carbons (Fsp3) is 0.533. The van der Waals surface area contributed by atoms with Gasteiger partial charge in [-0.15, -0.1) is 0 Å². The molecule has 1 fully saturated rings. The largest absolute Gasteiger partial charge is 0.399 e. The number of nitrogens with zero attached hydrogens (tertiary/aromatic N) is 1. The van der Waals surface area contributed by atoms with Crippen LogP contribution in [0, 0.1) is 6.92 Å². The van der Waals surface area contributed by atoms with Crippen LogP contribution >= 0.6 is 0 Å².